The summed E-state index contributed by atoms with van der Waals surface area (Å²) in [4.78, 5) is 19.5. The zero-order valence-corrected chi connectivity index (χ0v) is 15.0. The molecule has 3 nitrogen and oxygen atoms in total. The van der Waals surface area contributed by atoms with Gasteiger partial charge in [-0.2, -0.15) is 13.2 Å². The third-order valence-corrected chi connectivity index (χ3v) is 4.59. The predicted molar refractivity (Wildman–Crippen MR) is 95.2 cm³/mol. The van der Waals surface area contributed by atoms with Crippen LogP contribution in [-0.4, -0.2) is 9.97 Å². The second-order valence-electron chi connectivity index (χ2n) is 6.02. The van der Waals surface area contributed by atoms with E-state index in [2.05, 4.69) is 9.97 Å². The molecule has 0 unspecified atom stereocenters. The highest BCUT2D eigenvalue weighted by atomic mass is 35.5. The fourth-order valence-electron chi connectivity index (χ4n) is 2.80. The summed E-state index contributed by atoms with van der Waals surface area (Å²) in [6.45, 7) is 3.39. The average molecular weight is 397 g/mol. The predicted octanol–water partition coefficient (Wildman–Crippen LogP) is 5.53. The van der Waals surface area contributed by atoms with Crippen molar-refractivity contribution in [2.45, 2.75) is 20.0 Å². The number of nitrogens with zero attached hydrogens (tertiary/aromatic N) is 1. The van der Waals surface area contributed by atoms with E-state index in [1.165, 1.54) is 12.3 Å². The average Bonchev–Trinajstić information content (AvgIpc) is 2.60. The van der Waals surface area contributed by atoms with Crippen molar-refractivity contribution in [3.63, 3.8) is 0 Å². The first-order chi connectivity index (χ1) is 12.6. The molecular weight excluding hydrogens is 384 g/mol. The topological polar surface area (TPSA) is 45.8 Å². The van der Waals surface area contributed by atoms with Gasteiger partial charge in [0.2, 0.25) is 5.43 Å². The molecule has 0 spiro atoms. The monoisotopic (exact) mass is 396 g/mol. The van der Waals surface area contributed by atoms with Gasteiger partial charge in [0.15, 0.2) is 0 Å². The molecule has 140 valence electrons. The van der Waals surface area contributed by atoms with Gasteiger partial charge in [-0.25, -0.2) is 4.39 Å². The van der Waals surface area contributed by atoms with Crippen LogP contribution in [0.3, 0.4) is 0 Å². The van der Waals surface area contributed by atoms with Crippen LogP contribution in [0.5, 0.6) is 0 Å². The maximum absolute atomic E-state index is 14.1. The van der Waals surface area contributed by atoms with Crippen molar-refractivity contribution in [1.29, 1.82) is 0 Å². The number of hydrogen-bond donors (Lipinski definition) is 1. The van der Waals surface area contributed by atoms with Gasteiger partial charge >= 0.3 is 6.18 Å². The Bertz CT molecular complexity index is 1070. The lowest BCUT2D eigenvalue weighted by Crippen LogP contribution is -2.11. The number of aryl methyl sites for hydroxylation is 2. The summed E-state index contributed by atoms with van der Waals surface area (Å²) in [5.74, 6) is -1.03. The number of aromatic amines is 1. The highest BCUT2D eigenvalue weighted by Gasteiger charge is 2.31. The smallest absolute Gasteiger partial charge is 0.361 e. The number of nitrogens with one attached hydrogen (secondary N) is 1. The molecule has 0 aliphatic rings. The van der Waals surface area contributed by atoms with Crippen LogP contribution in [0.4, 0.5) is 17.6 Å². The lowest BCUT2D eigenvalue weighted by molar-refractivity contribution is -0.137. The Morgan fingerprint density at radius 1 is 1.07 bits per heavy atom. The van der Waals surface area contributed by atoms with Gasteiger partial charge in [-0.1, -0.05) is 17.7 Å². The molecule has 0 bridgehead atoms. The number of halogens is 5. The summed E-state index contributed by atoms with van der Waals surface area (Å²) in [5, 5.41) is 0.0634. The van der Waals surface area contributed by atoms with Gasteiger partial charge in [0.1, 0.15) is 10.8 Å². The molecule has 3 rings (SSSR count). The second-order valence-corrected chi connectivity index (χ2v) is 6.40. The molecule has 1 aromatic carbocycles. The normalized spacial score (nSPS) is 11.7. The fourth-order valence-corrected chi connectivity index (χ4v) is 2.94. The maximum Gasteiger partial charge on any atom is 0.416 e. The summed E-state index contributed by atoms with van der Waals surface area (Å²) in [7, 11) is 0. The number of pyridine rings is 2. The molecule has 2 heterocycles. The van der Waals surface area contributed by atoms with E-state index in [1.807, 2.05) is 0 Å². The molecule has 0 saturated carbocycles. The Kier molecular flexibility index (Phi) is 4.82. The molecule has 0 aliphatic heterocycles. The molecule has 0 atom stereocenters. The van der Waals surface area contributed by atoms with Gasteiger partial charge in [0, 0.05) is 28.7 Å². The van der Waals surface area contributed by atoms with Crippen molar-refractivity contribution in [2.24, 2.45) is 0 Å². The summed E-state index contributed by atoms with van der Waals surface area (Å²) in [6, 6.07) is 5.24. The van der Waals surface area contributed by atoms with Crippen molar-refractivity contribution >= 4 is 11.6 Å². The number of H-pyrrole nitrogens is 1. The first-order valence-corrected chi connectivity index (χ1v) is 8.20. The molecule has 2 aromatic heterocycles. The van der Waals surface area contributed by atoms with Crippen LogP contribution < -0.4 is 5.43 Å². The van der Waals surface area contributed by atoms with Crippen molar-refractivity contribution < 1.29 is 17.6 Å². The molecule has 8 heteroatoms. The summed E-state index contributed by atoms with van der Waals surface area (Å²) in [5.41, 5.74) is 0.581. The highest BCUT2D eigenvalue weighted by Crippen LogP contribution is 2.32. The van der Waals surface area contributed by atoms with Gasteiger partial charge in [0.25, 0.3) is 0 Å². The summed E-state index contributed by atoms with van der Waals surface area (Å²) < 4.78 is 52.1. The van der Waals surface area contributed by atoms with Crippen LogP contribution in [0.1, 0.15) is 17.0 Å². The number of benzene rings is 1. The van der Waals surface area contributed by atoms with Crippen LogP contribution >= 0.6 is 11.6 Å². The van der Waals surface area contributed by atoms with Gasteiger partial charge < -0.3 is 4.98 Å². The van der Waals surface area contributed by atoms with E-state index in [0.29, 0.717) is 28.6 Å². The summed E-state index contributed by atoms with van der Waals surface area (Å²) >= 11 is 6.00. The van der Waals surface area contributed by atoms with E-state index < -0.39 is 17.6 Å². The maximum atomic E-state index is 14.1. The minimum atomic E-state index is -4.63. The summed E-state index contributed by atoms with van der Waals surface area (Å²) in [6.07, 6.45) is -3.27. The van der Waals surface area contributed by atoms with E-state index in [1.54, 1.807) is 19.9 Å². The minimum Gasteiger partial charge on any atom is -0.361 e. The number of alkyl halides is 3. The lowest BCUT2D eigenvalue weighted by Gasteiger charge is -2.11. The number of aromatic nitrogens is 2. The lowest BCUT2D eigenvalue weighted by atomic mass is 10.0. The zero-order valence-electron chi connectivity index (χ0n) is 14.2. The molecule has 0 radical (unpaired) electrons. The van der Waals surface area contributed by atoms with Crippen molar-refractivity contribution in [1.82, 2.24) is 9.97 Å². The Morgan fingerprint density at radius 2 is 1.78 bits per heavy atom. The van der Waals surface area contributed by atoms with Crippen LogP contribution in [0.25, 0.3) is 22.4 Å². The van der Waals surface area contributed by atoms with E-state index in [9.17, 15) is 22.4 Å². The first-order valence-electron chi connectivity index (χ1n) is 7.82. The Hall–Kier alpha value is -2.67. The Balaban J connectivity index is 2.03. The first kappa shape index (κ1) is 19.1. The van der Waals surface area contributed by atoms with Crippen molar-refractivity contribution in [2.75, 3.05) is 0 Å². The van der Waals surface area contributed by atoms with Gasteiger partial charge in [-0.15, -0.1) is 0 Å². The van der Waals surface area contributed by atoms with Crippen molar-refractivity contribution in [3.8, 4) is 22.4 Å². The largest absolute Gasteiger partial charge is 0.416 e. The third kappa shape index (κ3) is 3.60. The molecular formula is C19H13ClF4N2O. The van der Waals surface area contributed by atoms with Crippen LogP contribution in [0.15, 0.2) is 41.3 Å². The highest BCUT2D eigenvalue weighted by molar-refractivity contribution is 6.31. The molecule has 0 aliphatic carbocycles. The molecule has 0 saturated heterocycles. The molecule has 3 aromatic rings. The molecule has 1 N–H and O–H groups in total. The van der Waals surface area contributed by atoms with E-state index in [-0.39, 0.29) is 21.7 Å². The Morgan fingerprint density at radius 3 is 2.33 bits per heavy atom. The third-order valence-electron chi connectivity index (χ3n) is 4.13. The molecule has 0 amide bonds. The quantitative estimate of drug-likeness (QED) is 0.579. The SMILES string of the molecule is Cc1[nH]c(C)c(-c2ccc(-c3ccc(C(F)(F)F)cc3F)nc2)c(=O)c1Cl. The van der Waals surface area contributed by atoms with Crippen LogP contribution in [0, 0.1) is 19.7 Å². The van der Waals surface area contributed by atoms with Gasteiger partial charge in [0.05, 0.1) is 16.8 Å². The van der Waals surface area contributed by atoms with Crippen molar-refractivity contribution in [3.05, 3.63) is 74.5 Å². The zero-order chi connectivity index (χ0) is 19.9. The molecule has 27 heavy (non-hydrogen) atoms. The van der Waals surface area contributed by atoms with Gasteiger partial charge in [-0.05, 0) is 38.1 Å². The second kappa shape index (κ2) is 6.81. The fraction of sp³-hybridized carbons (Fsp3) is 0.158. The van der Waals surface area contributed by atoms with Gasteiger partial charge in [-0.3, -0.25) is 9.78 Å². The van der Waals surface area contributed by atoms with Crippen LogP contribution in [-0.2, 0) is 6.18 Å². The number of hydrogen-bond acceptors (Lipinski definition) is 2. The molecule has 0 fully saturated rings. The Labute approximate surface area is 156 Å². The number of rotatable bonds is 2. The standard InChI is InChI=1S/C19H13ClF4N2O/c1-9-16(18(27)17(20)10(2)26-9)11-3-6-15(25-8-11)13-5-4-12(7-14(13)21)19(22,23)24/h3-8H,1-2H3,(H,26,27). The minimum absolute atomic E-state index is 0.0634. The van der Waals surface area contributed by atoms with Crippen LogP contribution in [0.2, 0.25) is 5.02 Å². The van der Waals surface area contributed by atoms with E-state index in [0.717, 1.165) is 12.1 Å². The van der Waals surface area contributed by atoms with E-state index >= 15 is 0 Å². The van der Waals surface area contributed by atoms with E-state index in [4.69, 9.17) is 11.6 Å².